The molecule has 2 fully saturated rings. The maximum atomic E-state index is 11.8. The Morgan fingerprint density at radius 3 is 2.36 bits per heavy atom. The molecule has 2 aromatic rings. The molecule has 2 aliphatic rings. The lowest BCUT2D eigenvalue weighted by Crippen LogP contribution is -2.58. The van der Waals surface area contributed by atoms with Crippen LogP contribution in [0.2, 0.25) is 0 Å². The number of ether oxygens (including phenoxy) is 4. The lowest BCUT2D eigenvalue weighted by molar-refractivity contribution is -0.311. The largest absolute Gasteiger partial charge is 0.488 e. The van der Waals surface area contributed by atoms with Gasteiger partial charge in [0, 0.05) is 12.5 Å². The van der Waals surface area contributed by atoms with Crippen LogP contribution >= 0.6 is 0 Å². The smallest absolute Gasteiger partial charge is 0.345 e. The van der Waals surface area contributed by atoms with Gasteiger partial charge in [0.15, 0.2) is 12.4 Å². The van der Waals surface area contributed by atoms with E-state index in [2.05, 4.69) is 0 Å². The summed E-state index contributed by atoms with van der Waals surface area (Å²) in [6.07, 6.45) is -4.05. The van der Waals surface area contributed by atoms with E-state index in [-0.39, 0.29) is 12.5 Å². The van der Waals surface area contributed by atoms with Gasteiger partial charge < -0.3 is 39.4 Å². The van der Waals surface area contributed by atoms with Crippen molar-refractivity contribution in [1.29, 1.82) is 0 Å². The number of aliphatic carboxylic acids is 1. The van der Waals surface area contributed by atoms with E-state index in [1.165, 1.54) is 0 Å². The highest BCUT2D eigenvalue weighted by Crippen LogP contribution is 2.31. The molecule has 1 aliphatic heterocycles. The third-order valence-corrected chi connectivity index (χ3v) is 6.67. The Kier molecular flexibility index (Phi) is 8.81. The highest BCUT2D eigenvalue weighted by atomic mass is 16.7. The van der Waals surface area contributed by atoms with Gasteiger partial charge in [0.25, 0.3) is 0 Å². The Balaban J connectivity index is 1.41. The molecule has 8 atom stereocenters. The standard InChI is InChI=1S/C27H34O9/c1-16-23(28)24(29)25(30)27(33-16)36-21-13-6-5-12-20(21)34-18-10-7-11-19(15-18)35-22(26(31)32)14-17-8-3-2-4-9-17/h2-4,7-11,15-16,20-25,27-30H,5-6,12-14H2,1H3,(H,31,32)/t16-,20+,21+,22-,23+,24+,25-,27-/m0/s1. The zero-order valence-corrected chi connectivity index (χ0v) is 20.2. The first kappa shape index (κ1) is 26.4. The minimum atomic E-state index is -1.38. The van der Waals surface area contributed by atoms with Crippen LogP contribution in [-0.4, -0.2) is 75.4 Å². The van der Waals surface area contributed by atoms with Crippen LogP contribution in [-0.2, 0) is 20.7 Å². The number of carboxylic acid groups (broad SMARTS) is 1. The molecule has 0 bridgehead atoms. The number of rotatable bonds is 9. The van der Waals surface area contributed by atoms with Gasteiger partial charge in [-0.15, -0.1) is 0 Å². The van der Waals surface area contributed by atoms with Crippen molar-refractivity contribution in [3.8, 4) is 11.5 Å². The van der Waals surface area contributed by atoms with Gasteiger partial charge in [-0.1, -0.05) is 42.8 Å². The SMILES string of the molecule is C[C@@H]1O[C@@H](O[C@@H]2CCCC[C@H]2Oc2cccc(O[C@@H](Cc3ccccc3)C(=O)O)c2)[C@@H](O)[C@H](O)[C@@H]1O. The molecule has 0 aromatic heterocycles. The summed E-state index contributed by atoms with van der Waals surface area (Å²) < 4.78 is 23.6. The lowest BCUT2D eigenvalue weighted by Gasteiger charge is -2.42. The summed E-state index contributed by atoms with van der Waals surface area (Å²) in [6, 6.07) is 16.1. The van der Waals surface area contributed by atoms with E-state index < -0.39 is 48.9 Å². The molecule has 0 amide bonds. The second-order valence-corrected chi connectivity index (χ2v) is 9.41. The van der Waals surface area contributed by atoms with Crippen LogP contribution in [0.4, 0.5) is 0 Å². The van der Waals surface area contributed by atoms with E-state index in [4.69, 9.17) is 18.9 Å². The Hall–Kier alpha value is -2.69. The molecule has 36 heavy (non-hydrogen) atoms. The highest BCUT2D eigenvalue weighted by molar-refractivity contribution is 5.73. The fourth-order valence-corrected chi connectivity index (χ4v) is 4.62. The number of aliphatic hydroxyl groups excluding tert-OH is 3. The van der Waals surface area contributed by atoms with Crippen molar-refractivity contribution in [2.45, 2.75) is 88.0 Å². The van der Waals surface area contributed by atoms with E-state index >= 15 is 0 Å². The van der Waals surface area contributed by atoms with Gasteiger partial charge in [-0.05, 0) is 43.9 Å². The van der Waals surface area contributed by atoms with Crippen LogP contribution in [0.3, 0.4) is 0 Å². The molecule has 1 heterocycles. The zero-order valence-electron chi connectivity index (χ0n) is 20.2. The minimum absolute atomic E-state index is 0.225. The van der Waals surface area contributed by atoms with Gasteiger partial charge in [0.05, 0.1) is 12.2 Å². The van der Waals surface area contributed by atoms with Crippen molar-refractivity contribution in [2.24, 2.45) is 0 Å². The van der Waals surface area contributed by atoms with Gasteiger partial charge in [-0.3, -0.25) is 0 Å². The molecular formula is C27H34O9. The summed E-state index contributed by atoms with van der Waals surface area (Å²) in [5, 5.41) is 40.0. The van der Waals surface area contributed by atoms with Crippen molar-refractivity contribution in [2.75, 3.05) is 0 Å². The molecule has 1 saturated carbocycles. The Morgan fingerprint density at radius 1 is 0.944 bits per heavy atom. The molecule has 0 unspecified atom stereocenters. The minimum Gasteiger partial charge on any atom is -0.488 e. The number of hydrogen-bond donors (Lipinski definition) is 4. The van der Waals surface area contributed by atoms with Gasteiger partial charge in [0.2, 0.25) is 0 Å². The second-order valence-electron chi connectivity index (χ2n) is 9.41. The zero-order chi connectivity index (χ0) is 25.7. The predicted molar refractivity (Wildman–Crippen MR) is 129 cm³/mol. The molecule has 4 rings (SSSR count). The number of hydrogen-bond acceptors (Lipinski definition) is 8. The molecule has 1 saturated heterocycles. The summed E-state index contributed by atoms with van der Waals surface area (Å²) >= 11 is 0. The average Bonchev–Trinajstić information content (AvgIpc) is 2.87. The first-order chi connectivity index (χ1) is 17.3. The van der Waals surface area contributed by atoms with Crippen LogP contribution in [0.15, 0.2) is 54.6 Å². The van der Waals surface area contributed by atoms with Gasteiger partial charge in [-0.2, -0.15) is 0 Å². The molecule has 2 aromatic carbocycles. The summed E-state index contributed by atoms with van der Waals surface area (Å²) in [7, 11) is 0. The van der Waals surface area contributed by atoms with Crippen LogP contribution < -0.4 is 9.47 Å². The van der Waals surface area contributed by atoms with Crippen LogP contribution in [0.1, 0.15) is 38.2 Å². The topological polar surface area (TPSA) is 135 Å². The lowest BCUT2D eigenvalue weighted by atomic mass is 9.94. The van der Waals surface area contributed by atoms with Crippen molar-refractivity contribution < 1.29 is 44.2 Å². The molecule has 0 radical (unpaired) electrons. The third kappa shape index (κ3) is 6.54. The van der Waals surface area contributed by atoms with Crippen molar-refractivity contribution in [3.63, 3.8) is 0 Å². The molecular weight excluding hydrogens is 468 g/mol. The normalized spacial score (nSPS) is 31.4. The fraction of sp³-hybridized carbons (Fsp3) is 0.519. The van der Waals surface area contributed by atoms with Gasteiger partial charge in [-0.25, -0.2) is 4.79 Å². The molecule has 9 heteroatoms. The quantitative estimate of drug-likeness (QED) is 0.407. The van der Waals surface area contributed by atoms with E-state index in [0.29, 0.717) is 24.3 Å². The summed E-state index contributed by atoms with van der Waals surface area (Å²) in [5.74, 6) is -0.176. The van der Waals surface area contributed by atoms with Crippen molar-refractivity contribution in [3.05, 3.63) is 60.2 Å². The first-order valence-corrected chi connectivity index (χ1v) is 12.4. The monoisotopic (exact) mass is 502 g/mol. The average molecular weight is 503 g/mol. The summed E-state index contributed by atoms with van der Waals surface area (Å²) in [6.45, 7) is 1.61. The fourth-order valence-electron chi connectivity index (χ4n) is 4.62. The van der Waals surface area contributed by atoms with E-state index in [0.717, 1.165) is 18.4 Å². The molecule has 9 nitrogen and oxygen atoms in total. The van der Waals surface area contributed by atoms with E-state index in [1.54, 1.807) is 31.2 Å². The number of carbonyl (C=O) groups is 1. The molecule has 1 aliphatic carbocycles. The van der Waals surface area contributed by atoms with Crippen molar-refractivity contribution >= 4 is 5.97 Å². The number of aliphatic hydroxyl groups is 3. The second kappa shape index (κ2) is 12.0. The molecule has 0 spiro atoms. The van der Waals surface area contributed by atoms with Crippen LogP contribution in [0, 0.1) is 0 Å². The van der Waals surface area contributed by atoms with E-state index in [1.807, 2.05) is 30.3 Å². The van der Waals surface area contributed by atoms with Gasteiger partial charge >= 0.3 is 5.97 Å². The van der Waals surface area contributed by atoms with Gasteiger partial charge in [0.1, 0.15) is 35.9 Å². The van der Waals surface area contributed by atoms with Crippen molar-refractivity contribution in [1.82, 2.24) is 0 Å². The van der Waals surface area contributed by atoms with Crippen LogP contribution in [0.5, 0.6) is 11.5 Å². The van der Waals surface area contributed by atoms with Crippen LogP contribution in [0.25, 0.3) is 0 Å². The summed E-state index contributed by atoms with van der Waals surface area (Å²) in [5.41, 5.74) is 0.860. The maximum absolute atomic E-state index is 11.8. The molecule has 4 N–H and O–H groups in total. The number of benzene rings is 2. The Labute approximate surface area is 210 Å². The Morgan fingerprint density at radius 2 is 1.64 bits per heavy atom. The maximum Gasteiger partial charge on any atom is 0.345 e. The Bertz CT molecular complexity index is 984. The third-order valence-electron chi connectivity index (χ3n) is 6.67. The van der Waals surface area contributed by atoms with E-state index in [9.17, 15) is 25.2 Å². The molecule has 196 valence electrons. The number of carboxylic acids is 1. The summed E-state index contributed by atoms with van der Waals surface area (Å²) in [4.78, 5) is 11.8. The first-order valence-electron chi connectivity index (χ1n) is 12.4. The highest BCUT2D eigenvalue weighted by Gasteiger charge is 2.44. The predicted octanol–water partition coefficient (Wildman–Crippen LogP) is 2.30.